The molecule has 0 aliphatic carbocycles. The van der Waals surface area contributed by atoms with E-state index in [0.29, 0.717) is 66.3 Å². The Morgan fingerprint density at radius 1 is 1.05 bits per heavy atom. The second-order valence-corrected chi connectivity index (χ2v) is 9.76. The van der Waals surface area contributed by atoms with Gasteiger partial charge in [-0.1, -0.05) is 35.3 Å². The minimum absolute atomic E-state index is 0.0417. The molecule has 0 atom stereocenters. The molecular weight excluding hydrogens is 525 g/mol. The molecule has 38 heavy (non-hydrogen) atoms. The van der Waals surface area contributed by atoms with Crippen molar-refractivity contribution in [2.24, 2.45) is 0 Å². The van der Waals surface area contributed by atoms with E-state index in [9.17, 15) is 9.59 Å². The summed E-state index contributed by atoms with van der Waals surface area (Å²) in [5.41, 5.74) is 2.97. The normalized spacial score (nSPS) is 13.6. The van der Waals surface area contributed by atoms with Crippen molar-refractivity contribution in [3.8, 4) is 0 Å². The number of hydrogen-bond donors (Lipinski definition) is 2. The van der Waals surface area contributed by atoms with E-state index in [1.54, 1.807) is 6.07 Å². The fraction of sp³-hybridized carbons (Fsp3) is 0.259. The van der Waals surface area contributed by atoms with Crippen LogP contribution in [0.4, 0.5) is 17.2 Å². The molecule has 0 unspecified atom stereocenters. The lowest BCUT2D eigenvalue weighted by molar-refractivity contribution is -0.118. The van der Waals surface area contributed by atoms with E-state index in [2.05, 4.69) is 25.2 Å². The largest absolute Gasteiger partial charge is 0.367 e. The maximum atomic E-state index is 13.5. The van der Waals surface area contributed by atoms with Crippen molar-refractivity contribution in [2.45, 2.75) is 6.92 Å². The van der Waals surface area contributed by atoms with E-state index >= 15 is 0 Å². The van der Waals surface area contributed by atoms with E-state index in [1.165, 1.54) is 13.3 Å². The zero-order valence-electron chi connectivity index (χ0n) is 20.8. The predicted octanol–water partition coefficient (Wildman–Crippen LogP) is 4.50. The Balaban J connectivity index is 1.36. The molecule has 196 valence electrons. The molecule has 9 nitrogen and oxygen atoms in total. The summed E-state index contributed by atoms with van der Waals surface area (Å²) in [4.78, 5) is 42.9. The van der Waals surface area contributed by atoms with Crippen LogP contribution < -0.4 is 15.1 Å². The van der Waals surface area contributed by atoms with Crippen molar-refractivity contribution in [2.75, 3.05) is 49.1 Å². The number of aromatic amines is 1. The maximum Gasteiger partial charge on any atom is 0.254 e. The fourth-order valence-electron chi connectivity index (χ4n) is 4.65. The first-order valence-electron chi connectivity index (χ1n) is 12.3. The Bertz CT molecular complexity index is 1470. The number of halogens is 2. The minimum Gasteiger partial charge on any atom is -0.367 e. The summed E-state index contributed by atoms with van der Waals surface area (Å²) in [6.07, 6.45) is 3.31. The third kappa shape index (κ3) is 5.39. The third-order valence-electron chi connectivity index (χ3n) is 6.54. The van der Waals surface area contributed by atoms with Crippen molar-refractivity contribution in [1.82, 2.24) is 25.2 Å². The predicted molar refractivity (Wildman–Crippen MR) is 151 cm³/mol. The molecule has 1 fully saturated rings. The van der Waals surface area contributed by atoms with E-state index in [1.807, 2.05) is 58.5 Å². The van der Waals surface area contributed by atoms with Gasteiger partial charge in [-0.25, -0.2) is 9.97 Å². The number of nitrogens with zero attached hydrogens (tertiary/aromatic N) is 5. The molecule has 2 N–H and O–H groups in total. The van der Waals surface area contributed by atoms with E-state index < -0.39 is 0 Å². The van der Waals surface area contributed by atoms with Crippen LogP contribution in [0, 0.1) is 0 Å². The number of H-pyrrole nitrogens is 1. The molecule has 4 aromatic rings. The molecule has 5 rings (SSSR count). The fourth-order valence-corrected chi connectivity index (χ4v) is 5.07. The number of aromatic nitrogens is 3. The van der Waals surface area contributed by atoms with Gasteiger partial charge in [0.05, 0.1) is 21.1 Å². The average Bonchev–Trinajstić information content (AvgIpc) is 3.42. The highest BCUT2D eigenvalue weighted by molar-refractivity contribution is 6.43. The lowest BCUT2D eigenvalue weighted by Crippen LogP contribution is -2.48. The van der Waals surface area contributed by atoms with Crippen LogP contribution in [-0.4, -0.2) is 70.9 Å². The first-order chi connectivity index (χ1) is 18.4. The van der Waals surface area contributed by atoms with Crippen molar-refractivity contribution in [1.29, 1.82) is 0 Å². The quantitative estimate of drug-likeness (QED) is 0.351. The number of carbonyl (C=O) groups excluding carboxylic acids is 2. The van der Waals surface area contributed by atoms with Crippen molar-refractivity contribution < 1.29 is 9.59 Å². The number of piperazine rings is 1. The molecule has 2 amide bonds. The smallest absolute Gasteiger partial charge is 0.254 e. The Morgan fingerprint density at radius 3 is 2.63 bits per heavy atom. The van der Waals surface area contributed by atoms with Gasteiger partial charge in [-0.2, -0.15) is 0 Å². The summed E-state index contributed by atoms with van der Waals surface area (Å²) in [6.45, 7) is 4.80. The van der Waals surface area contributed by atoms with Crippen LogP contribution in [0.25, 0.3) is 11.0 Å². The highest BCUT2D eigenvalue weighted by Gasteiger charge is 2.25. The van der Waals surface area contributed by atoms with Crippen LogP contribution in [0.15, 0.2) is 61.1 Å². The van der Waals surface area contributed by atoms with Crippen LogP contribution in [0.2, 0.25) is 10.0 Å². The standard InChI is InChI=1S/C27H27Cl2N7O2/c1-18(37)30-10-11-36(26-21-8-9-31-25(21)32-17-33-26)20-5-2-4-19(16-20)27(38)35-14-12-34(13-15-35)23-7-3-6-22(28)24(23)29/h2-9,16-17H,10-15H2,1H3,(H,30,37)(H,31,32,33). The zero-order valence-corrected chi connectivity index (χ0v) is 22.3. The SMILES string of the molecule is CC(=O)NCCN(c1cccc(C(=O)N2CCN(c3cccc(Cl)c3Cl)CC2)c1)c1ncnc2[nH]ccc12. The third-order valence-corrected chi connectivity index (χ3v) is 7.35. The molecule has 11 heteroatoms. The number of hydrogen-bond acceptors (Lipinski definition) is 6. The zero-order chi connectivity index (χ0) is 26.6. The Labute approximate surface area is 230 Å². The Kier molecular flexibility index (Phi) is 7.67. The van der Waals surface area contributed by atoms with Crippen LogP contribution >= 0.6 is 23.2 Å². The van der Waals surface area contributed by atoms with E-state index in [4.69, 9.17) is 23.2 Å². The highest BCUT2D eigenvalue weighted by atomic mass is 35.5. The molecule has 1 aliphatic heterocycles. The van der Waals surface area contributed by atoms with Gasteiger partial charge in [0, 0.05) is 63.6 Å². The van der Waals surface area contributed by atoms with Crippen LogP contribution in [0.1, 0.15) is 17.3 Å². The van der Waals surface area contributed by atoms with Crippen LogP contribution in [-0.2, 0) is 4.79 Å². The monoisotopic (exact) mass is 551 g/mol. The number of rotatable bonds is 7. The molecule has 2 aromatic heterocycles. The van der Waals surface area contributed by atoms with Gasteiger partial charge in [-0.15, -0.1) is 0 Å². The number of benzene rings is 2. The minimum atomic E-state index is -0.110. The molecule has 1 saturated heterocycles. The topological polar surface area (TPSA) is 97.5 Å². The summed E-state index contributed by atoms with van der Waals surface area (Å²) >= 11 is 12.6. The molecule has 0 radical (unpaired) electrons. The number of anilines is 3. The second-order valence-electron chi connectivity index (χ2n) is 8.97. The van der Waals surface area contributed by atoms with Gasteiger partial charge in [0.15, 0.2) is 0 Å². The lowest BCUT2D eigenvalue weighted by Gasteiger charge is -2.36. The van der Waals surface area contributed by atoms with E-state index in [0.717, 1.165) is 16.8 Å². The van der Waals surface area contributed by atoms with Crippen molar-refractivity contribution >= 4 is 63.2 Å². The molecule has 0 bridgehead atoms. The summed E-state index contributed by atoms with van der Waals surface area (Å²) in [5.74, 6) is 0.541. The first-order valence-corrected chi connectivity index (χ1v) is 13.1. The van der Waals surface area contributed by atoms with Crippen LogP contribution in [0.3, 0.4) is 0 Å². The summed E-state index contributed by atoms with van der Waals surface area (Å²) in [6, 6.07) is 15.0. The molecule has 3 heterocycles. The molecule has 2 aromatic carbocycles. The first kappa shape index (κ1) is 25.8. The van der Waals surface area contributed by atoms with Crippen LogP contribution in [0.5, 0.6) is 0 Å². The lowest BCUT2D eigenvalue weighted by atomic mass is 10.1. The molecule has 1 aliphatic rings. The molecular formula is C27H27Cl2N7O2. The highest BCUT2D eigenvalue weighted by Crippen LogP contribution is 2.33. The van der Waals surface area contributed by atoms with Gasteiger partial charge < -0.3 is 25.0 Å². The molecule has 0 saturated carbocycles. The van der Waals surface area contributed by atoms with Crippen molar-refractivity contribution in [3.05, 3.63) is 76.7 Å². The van der Waals surface area contributed by atoms with E-state index in [-0.39, 0.29) is 11.8 Å². The van der Waals surface area contributed by atoms with Gasteiger partial charge >= 0.3 is 0 Å². The van der Waals surface area contributed by atoms with Gasteiger partial charge in [-0.3, -0.25) is 9.59 Å². The maximum absolute atomic E-state index is 13.5. The summed E-state index contributed by atoms with van der Waals surface area (Å²) < 4.78 is 0. The Morgan fingerprint density at radius 2 is 1.84 bits per heavy atom. The summed E-state index contributed by atoms with van der Waals surface area (Å²) in [5, 5.41) is 4.74. The van der Waals surface area contributed by atoms with Gasteiger partial charge in [0.1, 0.15) is 17.8 Å². The molecule has 0 spiro atoms. The van der Waals surface area contributed by atoms with Crippen molar-refractivity contribution in [3.63, 3.8) is 0 Å². The number of nitrogens with one attached hydrogen (secondary N) is 2. The Hall–Kier alpha value is -3.82. The van der Waals surface area contributed by atoms with Gasteiger partial charge in [0.2, 0.25) is 5.91 Å². The number of amides is 2. The average molecular weight is 552 g/mol. The van der Waals surface area contributed by atoms with Gasteiger partial charge in [-0.05, 0) is 36.4 Å². The second kappa shape index (κ2) is 11.3. The summed E-state index contributed by atoms with van der Waals surface area (Å²) in [7, 11) is 0. The number of carbonyl (C=O) groups is 2. The van der Waals surface area contributed by atoms with Gasteiger partial charge in [0.25, 0.3) is 5.91 Å². The number of fused-ring (bicyclic) bond motifs is 1.